The number of halogens is 1. The minimum Gasteiger partial charge on any atom is -0.490 e. The minimum absolute atomic E-state index is 0.0361. The van der Waals surface area contributed by atoms with Crippen molar-refractivity contribution < 1.29 is 27.4 Å². The first-order chi connectivity index (χ1) is 25.2. The molecule has 0 aromatic heterocycles. The third kappa shape index (κ3) is 6.91. The summed E-state index contributed by atoms with van der Waals surface area (Å²) in [6, 6.07) is 12.0. The zero-order chi connectivity index (χ0) is 37.3. The van der Waals surface area contributed by atoms with Gasteiger partial charge in [0, 0.05) is 47.1 Å². The normalized spacial score (nSPS) is 37.2. The van der Waals surface area contributed by atoms with Gasteiger partial charge < -0.3 is 19.1 Å². The summed E-state index contributed by atoms with van der Waals surface area (Å²) in [6.45, 7) is 15.2. The number of aryl methyl sites for hydroxylation is 1. The number of fused-ring (bicyclic) bond motifs is 4. The molecule has 4 aliphatic heterocycles. The third-order valence-electron chi connectivity index (χ3n) is 14.5. The largest absolute Gasteiger partial charge is 0.490 e. The summed E-state index contributed by atoms with van der Waals surface area (Å²) in [7, 11) is -3.92. The third-order valence-corrected chi connectivity index (χ3v) is 16.6. The molecule has 290 valence electrons. The van der Waals surface area contributed by atoms with E-state index in [1.54, 1.807) is 13.0 Å². The van der Waals surface area contributed by atoms with Gasteiger partial charge in [0.1, 0.15) is 5.75 Å². The van der Waals surface area contributed by atoms with Gasteiger partial charge in [-0.2, -0.15) is 0 Å². The first-order valence-corrected chi connectivity index (χ1v) is 22.0. The number of carbonyl (C=O) groups excluding carboxylic acids is 1. The number of rotatable bonds is 2. The number of hydrogen-bond acceptors (Lipinski definition) is 8. The second-order valence-corrected chi connectivity index (χ2v) is 20.7. The van der Waals surface area contributed by atoms with Crippen LogP contribution < -0.4 is 14.4 Å². The predicted molar refractivity (Wildman–Crippen MR) is 208 cm³/mol. The highest BCUT2D eigenvalue weighted by Crippen LogP contribution is 2.55. The van der Waals surface area contributed by atoms with Crippen molar-refractivity contribution in [1.29, 1.82) is 0 Å². The van der Waals surface area contributed by atoms with Crippen molar-refractivity contribution in [2.45, 2.75) is 121 Å². The lowest BCUT2D eigenvalue weighted by atomic mass is 9.55. The Bertz CT molecular complexity index is 1830. The van der Waals surface area contributed by atoms with E-state index >= 15 is 0 Å². The standard InChI is InChI=1S/C42H58ClN3O6S/c1-27-8-6-10-33(39-50-22-32(23-51-39)46-19-18-40(46,3)4)35-15-17-41(35,5)24-45-25-42(16-7-9-29-20-31(43)12-13-34(29)42)26-52-37-14-11-30(21-36(37)45)38(47)44-53(48,49)28(27)2/h11-14,20-21,27-28,32-33,35,39H,6-10,15-19,22-26H2,1-5H3,(H,44,47)/t27-,28+,32?,33+,35-,39?,41?,42-/m0/s1. The van der Waals surface area contributed by atoms with Crippen LogP contribution in [0.2, 0.25) is 5.02 Å². The molecule has 3 fully saturated rings. The Morgan fingerprint density at radius 3 is 2.42 bits per heavy atom. The van der Waals surface area contributed by atoms with E-state index in [9.17, 15) is 13.2 Å². The molecule has 2 aliphatic carbocycles. The van der Waals surface area contributed by atoms with Crippen LogP contribution in [0.3, 0.4) is 0 Å². The first kappa shape index (κ1) is 37.5. The number of amides is 1. The van der Waals surface area contributed by atoms with Gasteiger partial charge in [-0.3, -0.25) is 9.69 Å². The molecule has 2 aromatic rings. The average molecular weight is 768 g/mol. The number of sulfonamides is 1. The number of anilines is 1. The van der Waals surface area contributed by atoms with Crippen LogP contribution in [0, 0.1) is 23.2 Å². The van der Waals surface area contributed by atoms with Crippen LogP contribution in [0.5, 0.6) is 5.75 Å². The molecule has 0 radical (unpaired) electrons. The van der Waals surface area contributed by atoms with Gasteiger partial charge in [-0.15, -0.1) is 0 Å². The molecule has 1 saturated carbocycles. The molecule has 6 atom stereocenters. The van der Waals surface area contributed by atoms with Crippen molar-refractivity contribution >= 4 is 33.2 Å². The Morgan fingerprint density at radius 1 is 0.925 bits per heavy atom. The van der Waals surface area contributed by atoms with E-state index in [0.29, 0.717) is 31.3 Å². The zero-order valence-corrected chi connectivity index (χ0v) is 33.7. The van der Waals surface area contributed by atoms with Gasteiger partial charge in [0.2, 0.25) is 10.0 Å². The zero-order valence-electron chi connectivity index (χ0n) is 32.2. The number of ether oxygens (including phenoxy) is 3. The lowest BCUT2D eigenvalue weighted by Crippen LogP contribution is -2.64. The minimum atomic E-state index is -3.92. The maximum absolute atomic E-state index is 13.7. The van der Waals surface area contributed by atoms with Crippen LogP contribution in [0.4, 0.5) is 5.69 Å². The SMILES string of the molecule is C[C@@H]1[C@@H](C)CCC[C@@H](C2OCC(N3CCC3(C)C)CO2)[C@@H]2CCC2(C)CN2C[C@@]3(CCCc4cc(Cl)ccc43)COc3ccc(cc32)C(=O)NS1(=O)=O. The molecule has 9 nitrogen and oxygen atoms in total. The Kier molecular flexibility index (Phi) is 9.90. The van der Waals surface area contributed by atoms with Crippen LogP contribution in [-0.4, -0.2) is 81.8 Å². The fourth-order valence-corrected chi connectivity index (χ4v) is 12.2. The highest BCUT2D eigenvalue weighted by molar-refractivity contribution is 7.90. The highest BCUT2D eigenvalue weighted by atomic mass is 35.5. The van der Waals surface area contributed by atoms with E-state index in [0.717, 1.165) is 87.5 Å². The summed E-state index contributed by atoms with van der Waals surface area (Å²) in [6.07, 6.45) is 8.59. The predicted octanol–water partition coefficient (Wildman–Crippen LogP) is 7.34. The van der Waals surface area contributed by atoms with Crippen LogP contribution in [0.15, 0.2) is 36.4 Å². The van der Waals surface area contributed by atoms with Crippen molar-refractivity contribution in [3.63, 3.8) is 0 Å². The summed E-state index contributed by atoms with van der Waals surface area (Å²) in [4.78, 5) is 18.7. The monoisotopic (exact) mass is 767 g/mol. The van der Waals surface area contributed by atoms with Crippen molar-refractivity contribution in [1.82, 2.24) is 9.62 Å². The number of nitrogens with zero attached hydrogens (tertiary/aromatic N) is 2. The number of hydrogen-bond donors (Lipinski definition) is 1. The van der Waals surface area contributed by atoms with Gasteiger partial charge in [-0.1, -0.05) is 37.9 Å². The molecule has 2 saturated heterocycles. The van der Waals surface area contributed by atoms with Gasteiger partial charge in [-0.25, -0.2) is 13.1 Å². The molecule has 4 heterocycles. The average Bonchev–Trinajstić information content (AvgIpc) is 3.26. The molecule has 1 spiro atoms. The van der Waals surface area contributed by atoms with Gasteiger partial charge in [-0.05, 0) is 131 Å². The Hall–Kier alpha value is -2.37. The van der Waals surface area contributed by atoms with Gasteiger partial charge in [0.05, 0.1) is 36.8 Å². The molecule has 2 bridgehead atoms. The molecule has 2 aromatic carbocycles. The van der Waals surface area contributed by atoms with Gasteiger partial charge >= 0.3 is 0 Å². The second-order valence-electron chi connectivity index (χ2n) is 18.3. The maximum atomic E-state index is 13.7. The smallest absolute Gasteiger partial charge is 0.264 e. The van der Waals surface area contributed by atoms with Gasteiger partial charge in [0.15, 0.2) is 6.29 Å². The van der Waals surface area contributed by atoms with Crippen LogP contribution >= 0.6 is 11.6 Å². The van der Waals surface area contributed by atoms with E-state index in [1.165, 1.54) is 17.5 Å². The van der Waals surface area contributed by atoms with Crippen molar-refractivity contribution in [3.8, 4) is 5.75 Å². The first-order valence-electron chi connectivity index (χ1n) is 20.0. The molecule has 8 rings (SSSR count). The Morgan fingerprint density at radius 2 is 1.72 bits per heavy atom. The number of nitrogens with one attached hydrogen (secondary N) is 1. The molecule has 1 amide bonds. The quantitative estimate of drug-likeness (QED) is 0.339. The lowest BCUT2D eigenvalue weighted by Gasteiger charge is -2.57. The number of likely N-dealkylation sites (tertiary alicyclic amines) is 1. The lowest BCUT2D eigenvalue weighted by molar-refractivity contribution is -0.259. The molecule has 1 N–H and O–H groups in total. The van der Waals surface area contributed by atoms with E-state index in [2.05, 4.69) is 47.4 Å². The van der Waals surface area contributed by atoms with E-state index < -0.39 is 21.2 Å². The maximum Gasteiger partial charge on any atom is 0.264 e. The highest BCUT2D eigenvalue weighted by Gasteiger charge is 2.53. The fraction of sp³-hybridized carbons (Fsp3) is 0.690. The summed E-state index contributed by atoms with van der Waals surface area (Å²) in [5.41, 5.74) is 3.61. The molecule has 53 heavy (non-hydrogen) atoms. The van der Waals surface area contributed by atoms with Crippen LogP contribution in [0.25, 0.3) is 0 Å². The van der Waals surface area contributed by atoms with Crippen molar-refractivity contribution in [3.05, 3.63) is 58.1 Å². The summed E-state index contributed by atoms with van der Waals surface area (Å²) in [5.74, 6) is 0.538. The molecule has 6 aliphatic rings. The van der Waals surface area contributed by atoms with E-state index in [4.69, 9.17) is 25.8 Å². The summed E-state index contributed by atoms with van der Waals surface area (Å²) >= 11 is 6.51. The molecular weight excluding hydrogens is 710 g/mol. The fourth-order valence-electron chi connectivity index (χ4n) is 10.7. The van der Waals surface area contributed by atoms with Crippen LogP contribution in [0.1, 0.15) is 107 Å². The molecule has 11 heteroatoms. The summed E-state index contributed by atoms with van der Waals surface area (Å²) < 4.78 is 49.8. The van der Waals surface area contributed by atoms with Crippen LogP contribution in [-0.2, 0) is 31.3 Å². The Balaban J connectivity index is 1.16. The van der Waals surface area contributed by atoms with E-state index in [-0.39, 0.29) is 40.5 Å². The second kappa shape index (κ2) is 14.0. The van der Waals surface area contributed by atoms with Gasteiger partial charge in [0.25, 0.3) is 5.91 Å². The molecular formula is C42H58ClN3O6S. The molecule has 1 unspecified atom stereocenters. The Labute approximate surface area is 321 Å². The summed E-state index contributed by atoms with van der Waals surface area (Å²) in [5, 5.41) is 0.0239. The number of carbonyl (C=O) groups is 1. The van der Waals surface area contributed by atoms with E-state index in [1.807, 2.05) is 25.1 Å². The number of benzene rings is 2. The topological polar surface area (TPSA) is 97.4 Å². The van der Waals surface area contributed by atoms with Crippen molar-refractivity contribution in [2.24, 2.45) is 23.2 Å². The van der Waals surface area contributed by atoms with Crippen molar-refractivity contribution in [2.75, 3.05) is 44.4 Å².